The first-order chi connectivity index (χ1) is 18.6. The Balaban J connectivity index is 1.08. The number of benzene rings is 3. The molecule has 5 nitrogen and oxygen atoms in total. The second-order valence-electron chi connectivity index (χ2n) is 10.7. The SMILES string of the molecule is N#Cc1cccc(-c2cccc(C(=O)NC3CCC(CCN4CCc5ccc(C#N)cc5CC4)CC3)c2)c1. The van der Waals surface area contributed by atoms with Crippen LogP contribution in [0.3, 0.4) is 0 Å². The summed E-state index contributed by atoms with van der Waals surface area (Å²) in [6.07, 6.45) is 7.67. The fourth-order valence-electron chi connectivity index (χ4n) is 5.90. The molecule has 0 radical (unpaired) electrons. The molecule has 1 amide bonds. The van der Waals surface area contributed by atoms with Crippen LogP contribution >= 0.6 is 0 Å². The van der Waals surface area contributed by atoms with Gasteiger partial charge in [-0.15, -0.1) is 0 Å². The van der Waals surface area contributed by atoms with Crippen molar-refractivity contribution in [2.75, 3.05) is 19.6 Å². The smallest absolute Gasteiger partial charge is 0.251 e. The molecule has 2 aliphatic rings. The zero-order valence-electron chi connectivity index (χ0n) is 21.8. The number of rotatable bonds is 6. The van der Waals surface area contributed by atoms with Crippen molar-refractivity contribution in [3.05, 3.63) is 94.5 Å². The minimum Gasteiger partial charge on any atom is -0.349 e. The lowest BCUT2D eigenvalue weighted by molar-refractivity contribution is 0.0920. The Morgan fingerprint density at radius 1 is 0.816 bits per heavy atom. The number of nitriles is 2. The molecule has 1 heterocycles. The second kappa shape index (κ2) is 12.1. The molecule has 5 rings (SSSR count). The third kappa shape index (κ3) is 6.31. The van der Waals surface area contributed by atoms with Crippen molar-refractivity contribution in [2.24, 2.45) is 5.92 Å². The van der Waals surface area contributed by atoms with Gasteiger partial charge in [-0.1, -0.05) is 30.3 Å². The van der Waals surface area contributed by atoms with Gasteiger partial charge in [-0.25, -0.2) is 0 Å². The second-order valence-corrected chi connectivity index (χ2v) is 10.7. The van der Waals surface area contributed by atoms with Crippen molar-refractivity contribution in [3.63, 3.8) is 0 Å². The summed E-state index contributed by atoms with van der Waals surface area (Å²) in [5.74, 6) is 0.699. The number of fused-ring (bicyclic) bond motifs is 1. The average Bonchev–Trinajstić information content (AvgIpc) is 3.18. The van der Waals surface area contributed by atoms with E-state index in [1.807, 2.05) is 48.5 Å². The Hall–Kier alpha value is -3.93. The van der Waals surface area contributed by atoms with Gasteiger partial charge in [0.15, 0.2) is 0 Å². The van der Waals surface area contributed by atoms with E-state index in [0.29, 0.717) is 11.1 Å². The van der Waals surface area contributed by atoms with Crippen LogP contribution in [0, 0.1) is 28.6 Å². The molecule has 38 heavy (non-hydrogen) atoms. The van der Waals surface area contributed by atoms with Gasteiger partial charge < -0.3 is 10.2 Å². The Bertz CT molecular complexity index is 1370. The maximum absolute atomic E-state index is 13.0. The number of nitrogens with one attached hydrogen (secondary N) is 1. The van der Waals surface area contributed by atoms with Gasteiger partial charge in [-0.05, 0) is 116 Å². The minimum atomic E-state index is -0.0181. The van der Waals surface area contributed by atoms with Crippen molar-refractivity contribution in [1.29, 1.82) is 10.5 Å². The van der Waals surface area contributed by atoms with Gasteiger partial charge in [-0.3, -0.25) is 4.79 Å². The van der Waals surface area contributed by atoms with Crippen LogP contribution in [0.2, 0.25) is 0 Å². The lowest BCUT2D eigenvalue weighted by atomic mass is 9.84. The molecule has 0 bridgehead atoms. The standard InChI is InChI=1S/C33H34N4O/c34-22-25-3-1-4-28(19-25)29-5-2-6-31(21-29)33(38)36-32-11-8-24(9-12-32)13-16-37-17-14-27-10-7-26(23-35)20-30(27)15-18-37/h1-7,10,19-21,24,32H,8-9,11-18H2,(H,36,38). The molecule has 192 valence electrons. The molecule has 0 atom stereocenters. The Labute approximate surface area is 225 Å². The fourth-order valence-corrected chi connectivity index (χ4v) is 5.90. The van der Waals surface area contributed by atoms with Gasteiger partial charge in [0.25, 0.3) is 5.91 Å². The van der Waals surface area contributed by atoms with E-state index in [9.17, 15) is 15.3 Å². The van der Waals surface area contributed by atoms with Crippen LogP contribution < -0.4 is 5.32 Å². The van der Waals surface area contributed by atoms with Crippen molar-refractivity contribution >= 4 is 5.91 Å². The van der Waals surface area contributed by atoms with Gasteiger partial charge in [-0.2, -0.15) is 10.5 Å². The largest absolute Gasteiger partial charge is 0.349 e. The van der Waals surface area contributed by atoms with Gasteiger partial charge >= 0.3 is 0 Å². The number of carbonyl (C=O) groups is 1. The van der Waals surface area contributed by atoms with Crippen molar-refractivity contribution in [1.82, 2.24) is 10.2 Å². The maximum atomic E-state index is 13.0. The topological polar surface area (TPSA) is 79.9 Å². The summed E-state index contributed by atoms with van der Waals surface area (Å²) in [6, 6.07) is 26.0. The highest BCUT2D eigenvalue weighted by molar-refractivity contribution is 5.95. The molecule has 0 aromatic heterocycles. The molecule has 0 saturated heterocycles. The van der Waals surface area contributed by atoms with E-state index in [1.165, 1.54) is 17.5 Å². The Morgan fingerprint density at radius 3 is 2.26 bits per heavy atom. The molecule has 1 fully saturated rings. The minimum absolute atomic E-state index is 0.0181. The fraction of sp³-hybridized carbons (Fsp3) is 0.364. The zero-order chi connectivity index (χ0) is 26.3. The van der Waals surface area contributed by atoms with Gasteiger partial charge in [0.1, 0.15) is 0 Å². The molecular formula is C33H34N4O. The lowest BCUT2D eigenvalue weighted by Crippen LogP contribution is -2.38. The summed E-state index contributed by atoms with van der Waals surface area (Å²) < 4.78 is 0. The molecular weight excluding hydrogens is 468 g/mol. The summed E-state index contributed by atoms with van der Waals surface area (Å²) in [5.41, 5.74) is 6.66. The first-order valence-corrected chi connectivity index (χ1v) is 13.8. The maximum Gasteiger partial charge on any atom is 0.251 e. The lowest BCUT2D eigenvalue weighted by Gasteiger charge is -2.30. The monoisotopic (exact) mass is 502 g/mol. The molecule has 0 spiro atoms. The van der Waals surface area contributed by atoms with Crippen LogP contribution in [0.1, 0.15) is 64.7 Å². The van der Waals surface area contributed by atoms with Gasteiger partial charge in [0, 0.05) is 24.7 Å². The molecule has 1 aliphatic heterocycles. The van der Waals surface area contributed by atoms with Crippen LogP contribution in [-0.2, 0) is 12.8 Å². The van der Waals surface area contributed by atoms with E-state index < -0.39 is 0 Å². The third-order valence-corrected chi connectivity index (χ3v) is 8.22. The molecule has 0 unspecified atom stereocenters. The van der Waals surface area contributed by atoms with E-state index in [4.69, 9.17) is 0 Å². The van der Waals surface area contributed by atoms with Crippen LogP contribution in [0.4, 0.5) is 0 Å². The molecule has 5 heteroatoms. The number of nitrogens with zero attached hydrogens (tertiary/aromatic N) is 3. The van der Waals surface area contributed by atoms with Crippen molar-refractivity contribution in [3.8, 4) is 23.3 Å². The molecule has 1 N–H and O–H groups in total. The zero-order valence-corrected chi connectivity index (χ0v) is 21.8. The van der Waals surface area contributed by atoms with Crippen LogP contribution in [-0.4, -0.2) is 36.5 Å². The van der Waals surface area contributed by atoms with Crippen molar-refractivity contribution in [2.45, 2.75) is 51.0 Å². The molecule has 1 saturated carbocycles. The Kier molecular flexibility index (Phi) is 8.17. The number of hydrogen-bond donors (Lipinski definition) is 1. The predicted molar refractivity (Wildman–Crippen MR) is 149 cm³/mol. The van der Waals surface area contributed by atoms with E-state index >= 15 is 0 Å². The average molecular weight is 503 g/mol. The quantitative estimate of drug-likeness (QED) is 0.457. The number of hydrogen-bond acceptors (Lipinski definition) is 4. The van der Waals surface area contributed by atoms with Crippen LogP contribution in [0.5, 0.6) is 0 Å². The highest BCUT2D eigenvalue weighted by Crippen LogP contribution is 2.28. The van der Waals surface area contributed by atoms with Gasteiger partial charge in [0.05, 0.1) is 23.3 Å². The predicted octanol–water partition coefficient (Wildman–Crippen LogP) is 5.88. The van der Waals surface area contributed by atoms with Crippen LogP contribution in [0.15, 0.2) is 66.7 Å². The summed E-state index contributed by atoms with van der Waals surface area (Å²) in [4.78, 5) is 15.6. The first-order valence-electron chi connectivity index (χ1n) is 13.8. The highest BCUT2D eigenvalue weighted by atomic mass is 16.1. The summed E-state index contributed by atoms with van der Waals surface area (Å²) >= 11 is 0. The summed E-state index contributed by atoms with van der Waals surface area (Å²) in [5, 5.41) is 21.6. The van der Waals surface area contributed by atoms with E-state index in [2.05, 4.69) is 34.5 Å². The number of amides is 1. The van der Waals surface area contributed by atoms with Crippen molar-refractivity contribution < 1.29 is 4.79 Å². The van der Waals surface area contributed by atoms with E-state index in [1.54, 1.807) is 6.07 Å². The summed E-state index contributed by atoms with van der Waals surface area (Å²) in [6.45, 7) is 3.28. The van der Waals surface area contributed by atoms with E-state index in [0.717, 1.165) is 80.8 Å². The normalized spacial score (nSPS) is 19.4. The molecule has 1 aliphatic carbocycles. The summed E-state index contributed by atoms with van der Waals surface area (Å²) in [7, 11) is 0. The Morgan fingerprint density at radius 2 is 1.50 bits per heavy atom. The van der Waals surface area contributed by atoms with Gasteiger partial charge in [0.2, 0.25) is 0 Å². The van der Waals surface area contributed by atoms with E-state index in [-0.39, 0.29) is 11.9 Å². The third-order valence-electron chi connectivity index (χ3n) is 8.22. The highest BCUT2D eigenvalue weighted by Gasteiger charge is 2.24. The molecule has 3 aromatic carbocycles. The number of carbonyl (C=O) groups excluding carboxylic acids is 1. The van der Waals surface area contributed by atoms with Crippen LogP contribution in [0.25, 0.3) is 11.1 Å². The first kappa shape index (κ1) is 25.7. The molecule has 3 aromatic rings.